The fraction of sp³-hybridized carbons (Fsp3) is 0.200. The largest absolute Gasteiger partial charge is 0.508 e. The van der Waals surface area contributed by atoms with Crippen LogP contribution in [0.25, 0.3) is 27.9 Å². The number of nitrogens with one attached hydrogen (secondary N) is 1. The van der Waals surface area contributed by atoms with E-state index in [4.69, 9.17) is 0 Å². The first kappa shape index (κ1) is 13.9. The summed E-state index contributed by atoms with van der Waals surface area (Å²) >= 11 is 0. The highest BCUT2D eigenvalue weighted by Crippen LogP contribution is 2.38. The summed E-state index contributed by atoms with van der Waals surface area (Å²) in [6, 6.07) is 5.53. The molecule has 116 valence electrons. The van der Waals surface area contributed by atoms with E-state index in [0.717, 1.165) is 24.0 Å². The molecule has 0 saturated carbocycles. The fourth-order valence-corrected chi connectivity index (χ4v) is 3.72. The molecule has 0 atom stereocenters. The Kier molecular flexibility index (Phi) is 2.98. The minimum atomic E-state index is 0.307. The maximum Gasteiger partial charge on any atom is 0.116 e. The van der Waals surface area contributed by atoms with Gasteiger partial charge in [0, 0.05) is 35.6 Å². The van der Waals surface area contributed by atoms with Gasteiger partial charge in [0.15, 0.2) is 0 Å². The lowest BCUT2D eigenvalue weighted by molar-refractivity contribution is 0.406. The summed E-state index contributed by atoms with van der Waals surface area (Å²) in [6.07, 6.45) is 6.28. The average molecular weight is 304 g/mol. The molecule has 0 spiro atoms. The quantitative estimate of drug-likeness (QED) is 0.678. The van der Waals surface area contributed by atoms with E-state index >= 15 is 0 Å². The first-order chi connectivity index (χ1) is 11.1. The zero-order valence-electron chi connectivity index (χ0n) is 13.5. The second kappa shape index (κ2) is 4.92. The molecule has 3 aromatic rings. The number of aryl methyl sites for hydroxylation is 2. The van der Waals surface area contributed by atoms with E-state index in [2.05, 4.69) is 42.6 Å². The Morgan fingerprint density at radius 1 is 1.30 bits per heavy atom. The first-order valence-corrected chi connectivity index (χ1v) is 7.89. The van der Waals surface area contributed by atoms with E-state index in [-0.39, 0.29) is 0 Å². The molecule has 3 nitrogen and oxygen atoms in total. The Hall–Kier alpha value is -2.68. The van der Waals surface area contributed by atoms with E-state index in [1.54, 1.807) is 6.07 Å². The highest BCUT2D eigenvalue weighted by Gasteiger charge is 2.20. The van der Waals surface area contributed by atoms with Crippen LogP contribution in [0.15, 0.2) is 37.1 Å². The smallest absolute Gasteiger partial charge is 0.116 e. The van der Waals surface area contributed by atoms with Gasteiger partial charge in [-0.05, 0) is 60.4 Å². The summed E-state index contributed by atoms with van der Waals surface area (Å²) < 4.78 is 0. The Labute approximate surface area is 135 Å². The van der Waals surface area contributed by atoms with Crippen LogP contribution in [0.4, 0.5) is 0 Å². The number of nitrogens with zero attached hydrogens (tertiary/aromatic N) is 1. The topological polar surface area (TPSA) is 39.3 Å². The number of aromatic hydroxyl groups is 1. The zero-order valence-corrected chi connectivity index (χ0v) is 13.5. The van der Waals surface area contributed by atoms with Gasteiger partial charge >= 0.3 is 0 Å². The van der Waals surface area contributed by atoms with Crippen molar-refractivity contribution in [3.63, 3.8) is 0 Å². The Balaban J connectivity index is 2.06. The molecule has 2 heterocycles. The summed E-state index contributed by atoms with van der Waals surface area (Å²) in [7, 11) is 0. The summed E-state index contributed by atoms with van der Waals surface area (Å²) in [4.78, 5) is 5.79. The molecule has 0 radical (unpaired) electrons. The van der Waals surface area contributed by atoms with Crippen LogP contribution >= 0.6 is 0 Å². The SMILES string of the molecule is C=CCN1C=Cc2c(c(C)c3c([nH]c4ccc(O)cc43)c2C)C1. The average Bonchev–Trinajstić information content (AvgIpc) is 2.92. The maximum atomic E-state index is 9.87. The van der Waals surface area contributed by atoms with Gasteiger partial charge in [0.05, 0.1) is 5.52 Å². The van der Waals surface area contributed by atoms with E-state index in [1.807, 2.05) is 18.2 Å². The van der Waals surface area contributed by atoms with E-state index in [1.165, 1.54) is 33.2 Å². The van der Waals surface area contributed by atoms with Crippen LogP contribution in [0.3, 0.4) is 0 Å². The molecule has 0 fully saturated rings. The molecule has 0 saturated heterocycles. The van der Waals surface area contributed by atoms with Gasteiger partial charge in [0.2, 0.25) is 0 Å². The van der Waals surface area contributed by atoms with Crippen molar-refractivity contribution in [2.75, 3.05) is 6.54 Å². The van der Waals surface area contributed by atoms with E-state index in [9.17, 15) is 5.11 Å². The predicted molar refractivity (Wildman–Crippen MR) is 96.6 cm³/mol. The van der Waals surface area contributed by atoms with Crippen molar-refractivity contribution < 1.29 is 5.11 Å². The van der Waals surface area contributed by atoms with Gasteiger partial charge in [-0.3, -0.25) is 0 Å². The minimum Gasteiger partial charge on any atom is -0.508 e. The number of aromatic amines is 1. The van der Waals surface area contributed by atoms with Crippen molar-refractivity contribution in [3.05, 3.63) is 59.3 Å². The standard InChI is InChI=1S/C20H20N2O/c1-4-8-22-9-7-15-13(3)20-19(12(2)17(15)11-22)16-10-14(23)5-6-18(16)21-20/h4-7,9-10,21,23H,1,8,11H2,2-3H3. The molecule has 23 heavy (non-hydrogen) atoms. The number of fused-ring (bicyclic) bond motifs is 4. The highest BCUT2D eigenvalue weighted by atomic mass is 16.3. The van der Waals surface area contributed by atoms with Crippen LogP contribution in [-0.2, 0) is 6.54 Å². The van der Waals surface area contributed by atoms with E-state index < -0.39 is 0 Å². The third kappa shape index (κ3) is 1.96. The normalized spacial score (nSPS) is 13.7. The van der Waals surface area contributed by atoms with Gasteiger partial charge in [0.1, 0.15) is 5.75 Å². The van der Waals surface area contributed by atoms with Gasteiger partial charge in [-0.2, -0.15) is 0 Å². The number of phenolic OH excluding ortho intramolecular Hbond substituents is 1. The lowest BCUT2D eigenvalue weighted by Crippen LogP contribution is -2.21. The number of rotatable bonds is 2. The highest BCUT2D eigenvalue weighted by molar-refractivity contribution is 6.11. The lowest BCUT2D eigenvalue weighted by Gasteiger charge is -2.27. The number of hydrogen-bond acceptors (Lipinski definition) is 2. The molecule has 1 aromatic heterocycles. The number of H-pyrrole nitrogens is 1. The van der Waals surface area contributed by atoms with Gasteiger partial charge in [-0.25, -0.2) is 0 Å². The molecular weight excluding hydrogens is 284 g/mol. The molecule has 0 aliphatic carbocycles. The van der Waals surface area contributed by atoms with E-state index in [0.29, 0.717) is 5.75 Å². The molecule has 4 rings (SSSR count). The Bertz CT molecular complexity index is 979. The molecule has 1 aliphatic heterocycles. The first-order valence-electron chi connectivity index (χ1n) is 7.89. The van der Waals surface area contributed by atoms with Crippen molar-refractivity contribution >= 4 is 27.9 Å². The van der Waals surface area contributed by atoms with Crippen LogP contribution in [-0.4, -0.2) is 21.5 Å². The van der Waals surface area contributed by atoms with Gasteiger partial charge in [-0.15, -0.1) is 6.58 Å². The molecule has 1 aliphatic rings. The Morgan fingerprint density at radius 3 is 2.91 bits per heavy atom. The number of benzene rings is 2. The molecule has 2 aromatic carbocycles. The third-order valence-corrected chi connectivity index (χ3v) is 4.89. The monoisotopic (exact) mass is 304 g/mol. The van der Waals surface area contributed by atoms with Crippen molar-refractivity contribution in [2.45, 2.75) is 20.4 Å². The van der Waals surface area contributed by atoms with Crippen molar-refractivity contribution in [1.82, 2.24) is 9.88 Å². The lowest BCUT2D eigenvalue weighted by atomic mass is 9.90. The second-order valence-corrected chi connectivity index (χ2v) is 6.28. The summed E-state index contributed by atoms with van der Waals surface area (Å²) in [6.45, 7) is 9.93. The van der Waals surface area contributed by atoms with Crippen LogP contribution in [0.5, 0.6) is 5.75 Å². The number of phenols is 1. The molecule has 2 N–H and O–H groups in total. The van der Waals surface area contributed by atoms with Crippen LogP contribution in [0.1, 0.15) is 22.3 Å². The minimum absolute atomic E-state index is 0.307. The molecule has 0 unspecified atom stereocenters. The van der Waals surface area contributed by atoms with Crippen LogP contribution < -0.4 is 0 Å². The van der Waals surface area contributed by atoms with Crippen molar-refractivity contribution in [3.8, 4) is 5.75 Å². The van der Waals surface area contributed by atoms with Crippen LogP contribution in [0.2, 0.25) is 0 Å². The number of hydrogen-bond donors (Lipinski definition) is 2. The maximum absolute atomic E-state index is 9.87. The zero-order chi connectivity index (χ0) is 16.1. The van der Waals surface area contributed by atoms with Crippen molar-refractivity contribution in [2.24, 2.45) is 0 Å². The molecule has 0 amide bonds. The summed E-state index contributed by atoms with van der Waals surface area (Å²) in [5, 5.41) is 12.2. The van der Waals surface area contributed by atoms with Crippen molar-refractivity contribution in [1.29, 1.82) is 0 Å². The number of aromatic nitrogens is 1. The van der Waals surface area contributed by atoms with Crippen LogP contribution in [0, 0.1) is 13.8 Å². The molecule has 3 heteroatoms. The van der Waals surface area contributed by atoms with Gasteiger partial charge in [0.25, 0.3) is 0 Å². The van der Waals surface area contributed by atoms with Gasteiger partial charge < -0.3 is 15.0 Å². The fourth-order valence-electron chi connectivity index (χ4n) is 3.72. The summed E-state index contributed by atoms with van der Waals surface area (Å²) in [5.74, 6) is 0.307. The third-order valence-electron chi connectivity index (χ3n) is 4.89. The second-order valence-electron chi connectivity index (χ2n) is 6.28. The summed E-state index contributed by atoms with van der Waals surface area (Å²) in [5.41, 5.74) is 7.47. The molecular formula is C20H20N2O. The predicted octanol–water partition coefficient (Wildman–Crippen LogP) is 4.62. The Morgan fingerprint density at radius 2 is 2.13 bits per heavy atom. The molecule has 0 bridgehead atoms. The van der Waals surface area contributed by atoms with Gasteiger partial charge in [-0.1, -0.05) is 6.08 Å².